The molecule has 18 heavy (non-hydrogen) atoms. The fourth-order valence-corrected chi connectivity index (χ4v) is 1.80. The van der Waals surface area contributed by atoms with Crippen LogP contribution < -0.4 is 0 Å². The second-order valence-corrected chi connectivity index (χ2v) is 4.20. The van der Waals surface area contributed by atoms with Crippen LogP contribution in [0.3, 0.4) is 0 Å². The molecule has 0 aliphatic carbocycles. The molecule has 0 saturated heterocycles. The maximum Gasteiger partial charge on any atom is 0.309 e. The monoisotopic (exact) mass is 265 g/mol. The van der Waals surface area contributed by atoms with Crippen molar-refractivity contribution in [1.82, 2.24) is 4.98 Å². The summed E-state index contributed by atoms with van der Waals surface area (Å²) in [6.07, 6.45) is 1.37. The van der Waals surface area contributed by atoms with Crippen LogP contribution in [0.1, 0.15) is 5.69 Å². The Labute approximate surface area is 108 Å². The molecule has 0 radical (unpaired) electrons. The van der Waals surface area contributed by atoms with Crippen molar-refractivity contribution in [2.45, 2.75) is 6.42 Å². The number of carboxylic acids is 1. The van der Waals surface area contributed by atoms with E-state index in [1.165, 1.54) is 18.3 Å². The Morgan fingerprint density at radius 3 is 2.61 bits per heavy atom. The first-order valence-corrected chi connectivity index (χ1v) is 5.55. The number of carboxylic acid groups (broad SMARTS) is 1. The number of halogens is 2. The standard InChI is InChI=1S/C13H9ClFNO2/c14-10-3-9(4-11(15)5-10)8-1-2-12(16-7-8)6-13(17)18/h1-5,7H,6H2,(H,17,18). The summed E-state index contributed by atoms with van der Waals surface area (Å²) in [4.78, 5) is 14.5. The molecule has 0 amide bonds. The van der Waals surface area contributed by atoms with Gasteiger partial charge in [-0.05, 0) is 29.8 Å². The molecule has 0 aliphatic rings. The van der Waals surface area contributed by atoms with Crippen molar-refractivity contribution in [2.24, 2.45) is 0 Å². The van der Waals surface area contributed by atoms with Gasteiger partial charge in [0.05, 0.1) is 12.1 Å². The summed E-state index contributed by atoms with van der Waals surface area (Å²) in [7, 11) is 0. The third kappa shape index (κ3) is 3.05. The molecule has 0 spiro atoms. The lowest BCUT2D eigenvalue weighted by atomic mass is 10.1. The Morgan fingerprint density at radius 1 is 1.28 bits per heavy atom. The number of hydrogen-bond donors (Lipinski definition) is 1. The first-order valence-electron chi connectivity index (χ1n) is 5.18. The molecule has 2 rings (SSSR count). The zero-order valence-corrected chi connectivity index (χ0v) is 9.99. The summed E-state index contributed by atoms with van der Waals surface area (Å²) >= 11 is 5.76. The molecule has 1 aromatic heterocycles. The molecule has 0 saturated carbocycles. The Hall–Kier alpha value is -1.94. The predicted molar refractivity (Wildman–Crippen MR) is 66.0 cm³/mol. The van der Waals surface area contributed by atoms with E-state index < -0.39 is 11.8 Å². The average molecular weight is 266 g/mol. The van der Waals surface area contributed by atoms with E-state index >= 15 is 0 Å². The van der Waals surface area contributed by atoms with Crippen molar-refractivity contribution in [2.75, 3.05) is 0 Å². The minimum atomic E-state index is -0.941. The van der Waals surface area contributed by atoms with Gasteiger partial charge in [0.2, 0.25) is 0 Å². The highest BCUT2D eigenvalue weighted by atomic mass is 35.5. The van der Waals surface area contributed by atoms with E-state index in [0.29, 0.717) is 21.8 Å². The van der Waals surface area contributed by atoms with E-state index in [1.54, 1.807) is 18.2 Å². The van der Waals surface area contributed by atoms with Gasteiger partial charge in [-0.15, -0.1) is 0 Å². The third-order valence-electron chi connectivity index (χ3n) is 2.35. The number of hydrogen-bond acceptors (Lipinski definition) is 2. The molecule has 5 heteroatoms. The summed E-state index contributed by atoms with van der Waals surface area (Å²) < 4.78 is 13.2. The molecular formula is C13H9ClFNO2. The van der Waals surface area contributed by atoms with Gasteiger partial charge in [-0.2, -0.15) is 0 Å². The SMILES string of the molecule is O=C(O)Cc1ccc(-c2cc(F)cc(Cl)c2)cn1. The molecule has 3 nitrogen and oxygen atoms in total. The third-order valence-corrected chi connectivity index (χ3v) is 2.57. The fourth-order valence-electron chi connectivity index (χ4n) is 1.58. The minimum absolute atomic E-state index is 0.135. The Morgan fingerprint density at radius 2 is 2.06 bits per heavy atom. The number of carbonyl (C=O) groups is 1. The van der Waals surface area contributed by atoms with Crippen molar-refractivity contribution < 1.29 is 14.3 Å². The molecule has 0 unspecified atom stereocenters. The maximum absolute atomic E-state index is 13.2. The van der Waals surface area contributed by atoms with E-state index in [-0.39, 0.29) is 6.42 Å². The molecular weight excluding hydrogens is 257 g/mol. The normalized spacial score (nSPS) is 10.3. The quantitative estimate of drug-likeness (QED) is 0.927. The fraction of sp³-hybridized carbons (Fsp3) is 0.0769. The van der Waals surface area contributed by atoms with E-state index in [9.17, 15) is 9.18 Å². The van der Waals surface area contributed by atoms with Gasteiger partial charge in [0.15, 0.2) is 0 Å². The van der Waals surface area contributed by atoms with Crippen molar-refractivity contribution in [1.29, 1.82) is 0 Å². The van der Waals surface area contributed by atoms with Gasteiger partial charge >= 0.3 is 5.97 Å². The lowest BCUT2D eigenvalue weighted by molar-refractivity contribution is -0.136. The predicted octanol–water partition coefficient (Wildman–Crippen LogP) is 3.17. The molecule has 2 aromatic rings. The van der Waals surface area contributed by atoms with Crippen molar-refractivity contribution in [3.63, 3.8) is 0 Å². The van der Waals surface area contributed by atoms with E-state index in [1.807, 2.05) is 0 Å². The summed E-state index contributed by atoms with van der Waals surface area (Å²) in [6.45, 7) is 0. The van der Waals surface area contributed by atoms with Crippen LogP contribution >= 0.6 is 11.6 Å². The molecule has 1 N–H and O–H groups in total. The number of aliphatic carboxylic acids is 1. The second-order valence-electron chi connectivity index (χ2n) is 3.77. The van der Waals surface area contributed by atoms with E-state index in [2.05, 4.69) is 4.98 Å². The van der Waals surface area contributed by atoms with Gasteiger partial charge in [0.25, 0.3) is 0 Å². The highest BCUT2D eigenvalue weighted by Gasteiger charge is 2.05. The van der Waals surface area contributed by atoms with Crippen LogP contribution in [0, 0.1) is 5.82 Å². The van der Waals surface area contributed by atoms with Crippen molar-refractivity contribution >= 4 is 17.6 Å². The lowest BCUT2D eigenvalue weighted by Crippen LogP contribution is -2.01. The second kappa shape index (κ2) is 5.14. The van der Waals surface area contributed by atoms with E-state index in [0.717, 1.165) is 0 Å². The molecule has 0 aliphatic heterocycles. The van der Waals surface area contributed by atoms with Gasteiger partial charge in [0.1, 0.15) is 5.82 Å². The molecule has 1 aromatic carbocycles. The molecule has 0 bridgehead atoms. The van der Waals surface area contributed by atoms with E-state index in [4.69, 9.17) is 16.7 Å². The van der Waals surface area contributed by atoms with Gasteiger partial charge in [-0.3, -0.25) is 9.78 Å². The summed E-state index contributed by atoms with van der Waals surface area (Å²) in [5, 5.41) is 8.92. The van der Waals surface area contributed by atoms with Crippen LogP contribution in [0.2, 0.25) is 5.02 Å². The van der Waals surface area contributed by atoms with Crippen molar-refractivity contribution in [3.05, 3.63) is 53.1 Å². The zero-order valence-electron chi connectivity index (χ0n) is 9.23. The van der Waals surface area contributed by atoms with Crippen molar-refractivity contribution in [3.8, 4) is 11.1 Å². The molecule has 0 fully saturated rings. The highest BCUT2D eigenvalue weighted by molar-refractivity contribution is 6.30. The highest BCUT2D eigenvalue weighted by Crippen LogP contribution is 2.23. The summed E-state index contributed by atoms with van der Waals surface area (Å²) in [6, 6.07) is 7.48. The Bertz CT molecular complexity index is 564. The first-order chi connectivity index (χ1) is 8.54. The largest absolute Gasteiger partial charge is 0.481 e. The molecule has 92 valence electrons. The first kappa shape index (κ1) is 12.5. The number of pyridine rings is 1. The zero-order chi connectivity index (χ0) is 13.1. The van der Waals surface area contributed by atoms with Crippen LogP contribution in [0.15, 0.2) is 36.5 Å². The summed E-state index contributed by atoms with van der Waals surface area (Å²) in [5.41, 5.74) is 1.74. The Balaban J connectivity index is 2.31. The summed E-state index contributed by atoms with van der Waals surface area (Å²) in [5.74, 6) is -1.36. The van der Waals surface area contributed by atoms with Crippen LogP contribution in [-0.2, 0) is 11.2 Å². The van der Waals surface area contributed by atoms with Crippen LogP contribution in [0.4, 0.5) is 4.39 Å². The number of rotatable bonds is 3. The number of aromatic nitrogens is 1. The number of benzene rings is 1. The Kier molecular flexibility index (Phi) is 3.58. The van der Waals surface area contributed by atoms with Crippen LogP contribution in [0.5, 0.6) is 0 Å². The van der Waals surface area contributed by atoms with Gasteiger partial charge < -0.3 is 5.11 Å². The molecule has 1 heterocycles. The average Bonchev–Trinajstić information content (AvgIpc) is 2.27. The molecule has 0 atom stereocenters. The minimum Gasteiger partial charge on any atom is -0.481 e. The van der Waals surface area contributed by atoms with Crippen LogP contribution in [0.25, 0.3) is 11.1 Å². The van der Waals surface area contributed by atoms with Gasteiger partial charge in [0, 0.05) is 16.8 Å². The van der Waals surface area contributed by atoms with Gasteiger partial charge in [-0.1, -0.05) is 17.7 Å². The topological polar surface area (TPSA) is 50.2 Å². The lowest BCUT2D eigenvalue weighted by Gasteiger charge is -2.03. The van der Waals surface area contributed by atoms with Gasteiger partial charge in [-0.25, -0.2) is 4.39 Å². The smallest absolute Gasteiger partial charge is 0.309 e. The number of nitrogens with zero attached hydrogens (tertiary/aromatic N) is 1. The maximum atomic E-state index is 13.2. The van der Waals surface area contributed by atoms with Crippen LogP contribution in [-0.4, -0.2) is 16.1 Å².